The summed E-state index contributed by atoms with van der Waals surface area (Å²) in [6, 6.07) is 5.15. The van der Waals surface area contributed by atoms with Gasteiger partial charge >= 0.3 is 6.09 Å². The van der Waals surface area contributed by atoms with E-state index in [1.165, 1.54) is 6.08 Å². The highest BCUT2D eigenvalue weighted by molar-refractivity contribution is 6.38. The molecule has 2 aliphatic carbocycles. The first kappa shape index (κ1) is 33.0. The minimum absolute atomic E-state index is 0.0923. The molecule has 4 rings (SSSR count). The number of piperidine rings is 1. The number of allylic oxidation sites excluding steroid dienone is 1. The van der Waals surface area contributed by atoms with Gasteiger partial charge in [-0.15, -0.1) is 13.2 Å². The van der Waals surface area contributed by atoms with Crippen LogP contribution in [0.2, 0.25) is 0 Å². The van der Waals surface area contributed by atoms with Crippen molar-refractivity contribution < 1.29 is 28.7 Å². The molecule has 1 heterocycles. The molecule has 2 fully saturated rings. The molecular weight excluding hydrogens is 560 g/mol. The van der Waals surface area contributed by atoms with E-state index in [1.807, 2.05) is 38.1 Å². The fraction of sp³-hybridized carbons (Fsp3) is 0.559. The lowest BCUT2D eigenvalue weighted by atomic mass is 9.93. The quantitative estimate of drug-likeness (QED) is 0.220. The van der Waals surface area contributed by atoms with E-state index in [0.717, 1.165) is 11.1 Å². The van der Waals surface area contributed by atoms with Crippen LogP contribution in [0.1, 0.15) is 51.7 Å². The Morgan fingerprint density at radius 3 is 2.30 bits per heavy atom. The van der Waals surface area contributed by atoms with Crippen LogP contribution < -0.4 is 16.0 Å². The highest BCUT2D eigenvalue weighted by Crippen LogP contribution is 2.65. The number of hydrogen-bond donors (Lipinski definition) is 3. The molecule has 4 amide bonds. The lowest BCUT2D eigenvalue weighted by Gasteiger charge is -2.35. The Kier molecular flexibility index (Phi) is 10.3. The van der Waals surface area contributed by atoms with Gasteiger partial charge in [-0.25, -0.2) is 4.79 Å². The molecule has 1 aromatic rings. The number of nitrogens with zero attached hydrogens (tertiary/aromatic N) is 1. The fourth-order valence-electron chi connectivity index (χ4n) is 6.83. The summed E-state index contributed by atoms with van der Waals surface area (Å²) in [7, 11) is 0. The second kappa shape index (κ2) is 13.8. The minimum Gasteiger partial charge on any atom is -0.449 e. The Hall–Kier alpha value is -3.95. The lowest BCUT2D eigenvalue weighted by Crippen LogP contribution is -2.59. The Morgan fingerprint density at radius 2 is 1.70 bits per heavy atom. The number of fused-ring (bicyclic) bond motifs is 2. The molecule has 10 nitrogen and oxygen atoms in total. The van der Waals surface area contributed by atoms with Crippen molar-refractivity contribution in [1.82, 2.24) is 20.9 Å². The zero-order chi connectivity index (χ0) is 32.2. The maximum Gasteiger partial charge on any atom is 0.407 e. The maximum atomic E-state index is 14.4. The number of benzene rings is 1. The van der Waals surface area contributed by atoms with Gasteiger partial charge in [-0.2, -0.15) is 0 Å². The van der Waals surface area contributed by atoms with Crippen LogP contribution >= 0.6 is 0 Å². The number of ketones is 1. The van der Waals surface area contributed by atoms with Gasteiger partial charge in [0.15, 0.2) is 0 Å². The Balaban J connectivity index is 1.58. The van der Waals surface area contributed by atoms with Crippen molar-refractivity contribution in [3.05, 3.63) is 60.7 Å². The third-order valence-corrected chi connectivity index (χ3v) is 9.32. The molecule has 0 radical (unpaired) electrons. The van der Waals surface area contributed by atoms with E-state index in [4.69, 9.17) is 4.74 Å². The molecule has 1 saturated carbocycles. The smallest absolute Gasteiger partial charge is 0.407 e. The molecule has 3 aliphatic rings. The van der Waals surface area contributed by atoms with Gasteiger partial charge in [-0.05, 0) is 65.9 Å². The van der Waals surface area contributed by atoms with Gasteiger partial charge in [-0.1, -0.05) is 64.1 Å². The summed E-state index contributed by atoms with van der Waals surface area (Å²) in [6.07, 6.45) is 4.23. The molecule has 0 spiro atoms. The molecule has 1 unspecified atom stereocenters. The number of alkyl carbamates (subject to hydrolysis) is 1. The zero-order valence-corrected chi connectivity index (χ0v) is 26.3. The van der Waals surface area contributed by atoms with Crippen LogP contribution in [0.4, 0.5) is 4.79 Å². The Bertz CT molecular complexity index is 1280. The van der Waals surface area contributed by atoms with Gasteiger partial charge in [0.25, 0.3) is 5.91 Å². The molecule has 10 heteroatoms. The number of ether oxygens (including phenoxy) is 1. The third kappa shape index (κ3) is 7.05. The summed E-state index contributed by atoms with van der Waals surface area (Å²) in [4.78, 5) is 68.3. The van der Waals surface area contributed by atoms with E-state index < -0.39 is 41.8 Å². The number of nitrogens with one attached hydrogen (secondary N) is 3. The highest BCUT2D eigenvalue weighted by atomic mass is 16.5. The van der Waals surface area contributed by atoms with Gasteiger partial charge < -0.3 is 25.6 Å². The molecule has 1 saturated heterocycles. The molecule has 3 N–H and O–H groups in total. The molecular formula is C34H46N4O6. The number of Topliss-reactive ketones (excluding diaryl/α,β-unsaturated/α-hetero) is 1. The normalized spacial score (nSPS) is 22.7. The van der Waals surface area contributed by atoms with Gasteiger partial charge in [0, 0.05) is 13.1 Å². The van der Waals surface area contributed by atoms with E-state index in [1.54, 1.807) is 11.0 Å². The van der Waals surface area contributed by atoms with Crippen molar-refractivity contribution in [2.45, 2.75) is 71.5 Å². The fourth-order valence-corrected chi connectivity index (χ4v) is 6.83. The summed E-state index contributed by atoms with van der Waals surface area (Å²) in [5, 5.41) is 8.12. The van der Waals surface area contributed by atoms with E-state index >= 15 is 0 Å². The summed E-state index contributed by atoms with van der Waals surface area (Å²) in [5.74, 6) is -2.51. The highest BCUT2D eigenvalue weighted by Gasteiger charge is 2.69. The van der Waals surface area contributed by atoms with E-state index in [0.29, 0.717) is 25.8 Å². The number of hydrogen-bond acceptors (Lipinski definition) is 6. The predicted octanol–water partition coefficient (Wildman–Crippen LogP) is 2.96. The van der Waals surface area contributed by atoms with Crippen LogP contribution in [0.3, 0.4) is 0 Å². The van der Waals surface area contributed by atoms with Crippen molar-refractivity contribution in [3.63, 3.8) is 0 Å². The Labute approximate surface area is 260 Å². The SMILES string of the molecule is C=CCCC(NC(=O)[C@@H]1[C@H]2[C@@H](CN1C(=O)[C@@H](NC(=O)OCC(C)C)C1Cc3ccccc3C1)C2(C)C)C(=O)C(=O)NCC=C. The molecule has 44 heavy (non-hydrogen) atoms. The molecule has 1 aromatic carbocycles. The van der Waals surface area contributed by atoms with Gasteiger partial charge in [0.2, 0.25) is 17.6 Å². The van der Waals surface area contributed by atoms with Gasteiger partial charge in [0.05, 0.1) is 12.6 Å². The molecule has 238 valence electrons. The van der Waals surface area contributed by atoms with Crippen LogP contribution in [0.25, 0.3) is 0 Å². The zero-order valence-electron chi connectivity index (χ0n) is 26.3. The standard InChI is InChI=1S/C34H46N4O6/c1-7-9-14-25(29(39)31(41)35-15-8-2)36-30(40)28-26-24(34(26,5)6)18-38(28)32(42)27(37-33(43)44-19-20(3)4)23-16-21-12-10-11-13-22(21)17-23/h7-8,10-13,20,23-28H,1-2,9,14-19H2,3-6H3,(H,35,41)(H,36,40)(H,37,43)/t24-,25?,26-,27+,28+/m1/s1. The lowest BCUT2D eigenvalue weighted by molar-refractivity contribution is -0.144. The number of rotatable bonds is 14. The van der Waals surface area contributed by atoms with Crippen molar-refractivity contribution in [2.75, 3.05) is 19.7 Å². The maximum absolute atomic E-state index is 14.4. The largest absolute Gasteiger partial charge is 0.449 e. The topological polar surface area (TPSA) is 134 Å². The minimum atomic E-state index is -1.08. The van der Waals surface area contributed by atoms with E-state index in [2.05, 4.69) is 43.0 Å². The van der Waals surface area contributed by atoms with Crippen LogP contribution in [0, 0.1) is 29.1 Å². The van der Waals surface area contributed by atoms with Crippen LogP contribution in [-0.4, -0.2) is 72.3 Å². The number of amides is 4. The first-order valence-electron chi connectivity index (χ1n) is 15.5. The summed E-state index contributed by atoms with van der Waals surface area (Å²) >= 11 is 0. The number of carbonyl (C=O) groups is 5. The second-order valence-corrected chi connectivity index (χ2v) is 13.2. The first-order valence-corrected chi connectivity index (χ1v) is 15.5. The van der Waals surface area contributed by atoms with Crippen LogP contribution in [0.15, 0.2) is 49.6 Å². The number of likely N-dealkylation sites (tertiary alicyclic amines) is 1. The number of carbonyl (C=O) groups excluding carboxylic acids is 5. The summed E-state index contributed by atoms with van der Waals surface area (Å²) in [6.45, 7) is 15.9. The average Bonchev–Trinajstić information content (AvgIpc) is 3.36. The van der Waals surface area contributed by atoms with Crippen molar-refractivity contribution in [3.8, 4) is 0 Å². The van der Waals surface area contributed by atoms with Crippen LogP contribution in [-0.2, 0) is 36.8 Å². The summed E-state index contributed by atoms with van der Waals surface area (Å²) < 4.78 is 5.40. The van der Waals surface area contributed by atoms with Crippen molar-refractivity contribution >= 4 is 29.6 Å². The molecule has 5 atom stereocenters. The predicted molar refractivity (Wildman–Crippen MR) is 166 cm³/mol. The van der Waals surface area contributed by atoms with E-state index in [9.17, 15) is 24.0 Å². The van der Waals surface area contributed by atoms with Gasteiger partial charge in [0.1, 0.15) is 12.1 Å². The van der Waals surface area contributed by atoms with E-state index in [-0.39, 0.29) is 54.6 Å². The van der Waals surface area contributed by atoms with Crippen molar-refractivity contribution in [2.24, 2.45) is 29.1 Å². The monoisotopic (exact) mass is 606 g/mol. The molecule has 0 bridgehead atoms. The average molecular weight is 607 g/mol. The van der Waals surface area contributed by atoms with Crippen molar-refractivity contribution in [1.29, 1.82) is 0 Å². The second-order valence-electron chi connectivity index (χ2n) is 13.2. The third-order valence-electron chi connectivity index (χ3n) is 9.32. The van der Waals surface area contributed by atoms with Crippen LogP contribution in [0.5, 0.6) is 0 Å². The van der Waals surface area contributed by atoms with Gasteiger partial charge in [-0.3, -0.25) is 19.2 Å². The Morgan fingerprint density at radius 1 is 1.05 bits per heavy atom. The first-order chi connectivity index (χ1) is 20.9. The summed E-state index contributed by atoms with van der Waals surface area (Å²) in [5.41, 5.74) is 2.08. The molecule has 1 aliphatic heterocycles. The molecule has 0 aromatic heterocycles.